The number of nitrogens with one attached hydrogen (secondary N) is 1. The molecule has 0 aromatic heterocycles. The van der Waals surface area contributed by atoms with E-state index in [-0.39, 0.29) is 29.2 Å². The van der Waals surface area contributed by atoms with Crippen LogP contribution in [0.25, 0.3) is 0 Å². The van der Waals surface area contributed by atoms with E-state index in [4.69, 9.17) is 0 Å². The summed E-state index contributed by atoms with van der Waals surface area (Å²) in [6.45, 7) is 14.3. The lowest BCUT2D eigenvalue weighted by Gasteiger charge is -2.34. The summed E-state index contributed by atoms with van der Waals surface area (Å²) in [7, 11) is 0. The maximum absolute atomic E-state index is 12.1. The number of nitrogens with zero attached hydrogens (tertiary/aromatic N) is 1. The van der Waals surface area contributed by atoms with Crippen LogP contribution < -0.4 is 5.32 Å². The smallest absolute Gasteiger partial charge is 0.226 e. The first-order chi connectivity index (χ1) is 10.4. The van der Waals surface area contributed by atoms with Crippen molar-refractivity contribution in [1.82, 2.24) is 4.90 Å². The summed E-state index contributed by atoms with van der Waals surface area (Å²) in [6, 6.07) is 7.91. The van der Waals surface area contributed by atoms with Gasteiger partial charge >= 0.3 is 0 Å². The zero-order chi connectivity index (χ0) is 17.8. The van der Waals surface area contributed by atoms with E-state index in [1.807, 2.05) is 45.0 Å². The number of benzene rings is 1. The molecular formula is C19H30N2O2. The van der Waals surface area contributed by atoms with Crippen molar-refractivity contribution < 1.29 is 9.59 Å². The largest absolute Gasteiger partial charge is 0.338 e. The first kappa shape index (κ1) is 19.2. The summed E-state index contributed by atoms with van der Waals surface area (Å²) in [5.74, 6) is -0.0937. The van der Waals surface area contributed by atoms with Crippen LogP contribution in [0.3, 0.4) is 0 Å². The maximum atomic E-state index is 12.1. The van der Waals surface area contributed by atoms with Crippen molar-refractivity contribution in [2.45, 2.75) is 65.8 Å². The van der Waals surface area contributed by atoms with E-state index in [1.165, 1.54) is 12.5 Å². The van der Waals surface area contributed by atoms with Crippen LogP contribution in [0.1, 0.15) is 60.5 Å². The third kappa shape index (κ3) is 6.05. The molecule has 0 spiro atoms. The highest BCUT2D eigenvalue weighted by atomic mass is 16.2. The van der Waals surface area contributed by atoms with Crippen molar-refractivity contribution in [1.29, 1.82) is 0 Å². The van der Waals surface area contributed by atoms with Crippen LogP contribution >= 0.6 is 0 Å². The van der Waals surface area contributed by atoms with Crippen LogP contribution in [0.15, 0.2) is 24.3 Å². The van der Waals surface area contributed by atoms with Gasteiger partial charge in [0.05, 0.1) is 0 Å². The summed E-state index contributed by atoms with van der Waals surface area (Å²) in [6.07, 6.45) is 0.290. The van der Waals surface area contributed by atoms with Crippen molar-refractivity contribution in [2.75, 3.05) is 11.9 Å². The van der Waals surface area contributed by atoms with Gasteiger partial charge in [-0.05, 0) is 43.9 Å². The highest BCUT2D eigenvalue weighted by Gasteiger charge is 2.24. The topological polar surface area (TPSA) is 49.4 Å². The number of anilines is 1. The Morgan fingerprint density at radius 2 is 1.52 bits per heavy atom. The third-order valence-corrected chi connectivity index (χ3v) is 3.79. The number of rotatable bonds is 4. The third-order valence-electron chi connectivity index (χ3n) is 3.79. The van der Waals surface area contributed by atoms with Crippen LogP contribution in [0.4, 0.5) is 5.69 Å². The molecule has 23 heavy (non-hydrogen) atoms. The van der Waals surface area contributed by atoms with E-state index in [0.29, 0.717) is 6.54 Å². The highest BCUT2D eigenvalue weighted by molar-refractivity contribution is 5.91. The summed E-state index contributed by atoms with van der Waals surface area (Å²) in [5, 5.41) is 2.89. The Balaban J connectivity index is 2.62. The van der Waals surface area contributed by atoms with Gasteiger partial charge in [-0.25, -0.2) is 0 Å². The molecule has 1 rings (SSSR count). The van der Waals surface area contributed by atoms with E-state index < -0.39 is 0 Å². The lowest BCUT2D eigenvalue weighted by molar-refractivity contribution is -0.134. The Bertz CT molecular complexity index is 548. The second-order valence-electron chi connectivity index (χ2n) is 7.97. The van der Waals surface area contributed by atoms with Crippen LogP contribution in [0, 0.1) is 0 Å². The van der Waals surface area contributed by atoms with Crippen LogP contribution in [-0.2, 0) is 15.0 Å². The zero-order valence-corrected chi connectivity index (χ0v) is 15.5. The summed E-state index contributed by atoms with van der Waals surface area (Å²) in [5.41, 5.74) is 1.83. The lowest BCUT2D eigenvalue weighted by Crippen LogP contribution is -2.45. The van der Waals surface area contributed by atoms with Gasteiger partial charge in [-0.15, -0.1) is 0 Å². The van der Waals surface area contributed by atoms with Crippen molar-refractivity contribution in [3.63, 3.8) is 0 Å². The Hall–Kier alpha value is -1.84. The first-order valence-electron chi connectivity index (χ1n) is 8.10. The molecule has 4 heteroatoms. The van der Waals surface area contributed by atoms with E-state index >= 15 is 0 Å². The molecule has 0 aliphatic rings. The van der Waals surface area contributed by atoms with Gasteiger partial charge in [-0.1, -0.05) is 32.9 Å². The second-order valence-corrected chi connectivity index (χ2v) is 7.97. The number of hydrogen-bond donors (Lipinski definition) is 1. The van der Waals surface area contributed by atoms with Gasteiger partial charge in [0.2, 0.25) is 11.8 Å². The number of amides is 2. The SMILES string of the molecule is CC(=O)N(CCC(=O)Nc1ccc(C(C)(C)C)cc1)C(C)(C)C. The molecule has 0 saturated heterocycles. The summed E-state index contributed by atoms with van der Waals surface area (Å²) >= 11 is 0. The Morgan fingerprint density at radius 3 is 1.91 bits per heavy atom. The van der Waals surface area contributed by atoms with Crippen molar-refractivity contribution in [2.24, 2.45) is 0 Å². The van der Waals surface area contributed by atoms with Crippen molar-refractivity contribution in [3.8, 4) is 0 Å². The highest BCUT2D eigenvalue weighted by Crippen LogP contribution is 2.23. The summed E-state index contributed by atoms with van der Waals surface area (Å²) in [4.78, 5) is 25.5. The molecule has 2 amide bonds. The van der Waals surface area contributed by atoms with Gasteiger partial charge in [-0.3, -0.25) is 9.59 Å². The molecule has 0 fully saturated rings. The van der Waals surface area contributed by atoms with Crippen molar-refractivity contribution in [3.05, 3.63) is 29.8 Å². The molecule has 0 bridgehead atoms. The minimum absolute atomic E-state index is 0.0140. The van der Waals surface area contributed by atoms with Crippen LogP contribution in [-0.4, -0.2) is 28.8 Å². The Labute approximate surface area is 140 Å². The minimum atomic E-state index is -0.277. The molecule has 1 N–H and O–H groups in total. The second kappa shape index (κ2) is 7.16. The quantitative estimate of drug-likeness (QED) is 0.913. The van der Waals surface area contributed by atoms with E-state index in [1.54, 1.807) is 4.90 Å². The van der Waals surface area contributed by atoms with Crippen molar-refractivity contribution >= 4 is 17.5 Å². The molecule has 0 heterocycles. The average molecular weight is 318 g/mol. The predicted octanol–water partition coefficient (Wildman–Crippen LogP) is 3.96. The molecule has 0 aliphatic carbocycles. The molecule has 1 aromatic rings. The fraction of sp³-hybridized carbons (Fsp3) is 0.579. The molecule has 0 atom stereocenters. The molecular weight excluding hydrogens is 288 g/mol. The van der Waals surface area contributed by atoms with Gasteiger partial charge < -0.3 is 10.2 Å². The van der Waals surface area contributed by atoms with E-state index in [9.17, 15) is 9.59 Å². The van der Waals surface area contributed by atoms with Gasteiger partial charge in [0.25, 0.3) is 0 Å². The number of carbonyl (C=O) groups is 2. The average Bonchev–Trinajstić information content (AvgIpc) is 2.36. The maximum Gasteiger partial charge on any atom is 0.226 e. The minimum Gasteiger partial charge on any atom is -0.338 e. The Morgan fingerprint density at radius 1 is 1.00 bits per heavy atom. The van der Waals surface area contributed by atoms with Gasteiger partial charge in [-0.2, -0.15) is 0 Å². The molecule has 1 aromatic carbocycles. The molecule has 0 unspecified atom stereocenters. The van der Waals surface area contributed by atoms with Crippen LogP contribution in [0.5, 0.6) is 0 Å². The fourth-order valence-corrected chi connectivity index (χ4v) is 2.46. The van der Waals surface area contributed by atoms with Crippen LogP contribution in [0.2, 0.25) is 0 Å². The Kier molecular flexibility index (Phi) is 5.98. The standard InChI is InChI=1S/C19H30N2O2/c1-14(22)21(19(5,6)7)13-12-17(23)20-16-10-8-15(9-11-16)18(2,3)4/h8-11H,12-13H2,1-7H3,(H,20,23). The van der Waals surface area contributed by atoms with Gasteiger partial charge in [0, 0.05) is 31.1 Å². The van der Waals surface area contributed by atoms with Gasteiger partial charge in [0.1, 0.15) is 0 Å². The van der Waals surface area contributed by atoms with Gasteiger partial charge in [0.15, 0.2) is 0 Å². The zero-order valence-electron chi connectivity index (χ0n) is 15.5. The van der Waals surface area contributed by atoms with E-state index in [0.717, 1.165) is 5.69 Å². The fourth-order valence-electron chi connectivity index (χ4n) is 2.46. The summed E-state index contributed by atoms with van der Waals surface area (Å²) < 4.78 is 0. The number of carbonyl (C=O) groups excluding carboxylic acids is 2. The van der Waals surface area contributed by atoms with E-state index in [2.05, 4.69) is 26.1 Å². The molecule has 0 saturated carbocycles. The molecule has 0 aliphatic heterocycles. The first-order valence-corrected chi connectivity index (χ1v) is 8.10. The molecule has 128 valence electrons. The predicted molar refractivity (Wildman–Crippen MR) is 95.5 cm³/mol. The molecule has 4 nitrogen and oxygen atoms in total. The monoisotopic (exact) mass is 318 g/mol. The number of hydrogen-bond acceptors (Lipinski definition) is 2. The lowest BCUT2D eigenvalue weighted by atomic mass is 9.87. The normalized spacial score (nSPS) is 12.0. The molecule has 0 radical (unpaired) electrons.